The lowest BCUT2D eigenvalue weighted by atomic mass is 9.98. The fourth-order valence-corrected chi connectivity index (χ4v) is 2.32. The molecule has 0 atom stereocenters. The van der Waals surface area contributed by atoms with Gasteiger partial charge in [-0.2, -0.15) is 0 Å². The molecule has 0 radical (unpaired) electrons. The summed E-state index contributed by atoms with van der Waals surface area (Å²) in [5.74, 6) is 1.57. The maximum Gasteiger partial charge on any atom is 0.119 e. The van der Waals surface area contributed by atoms with Gasteiger partial charge in [0.1, 0.15) is 5.75 Å². The monoisotopic (exact) mass is 280 g/mol. The molecule has 3 nitrogen and oxygen atoms in total. The van der Waals surface area contributed by atoms with Gasteiger partial charge in [-0.05, 0) is 36.1 Å². The Morgan fingerprint density at radius 2 is 1.80 bits per heavy atom. The smallest absolute Gasteiger partial charge is 0.119 e. The van der Waals surface area contributed by atoms with E-state index in [-0.39, 0.29) is 0 Å². The first-order valence-electron chi connectivity index (χ1n) is 7.69. The molecule has 0 saturated heterocycles. The van der Waals surface area contributed by atoms with E-state index in [1.807, 2.05) is 0 Å². The van der Waals surface area contributed by atoms with Crippen LogP contribution in [0, 0.1) is 6.92 Å². The average Bonchev–Trinajstić information content (AvgIpc) is 2.41. The molecule has 0 aliphatic heterocycles. The van der Waals surface area contributed by atoms with Crippen molar-refractivity contribution in [3.63, 3.8) is 0 Å². The Hall–Kier alpha value is -1.06. The molecule has 0 aliphatic carbocycles. The van der Waals surface area contributed by atoms with Gasteiger partial charge in [-0.1, -0.05) is 19.9 Å². The van der Waals surface area contributed by atoms with Crippen LogP contribution in [0.25, 0.3) is 0 Å². The summed E-state index contributed by atoms with van der Waals surface area (Å²) in [5, 5.41) is 2.33. The molecule has 0 aliphatic rings. The van der Waals surface area contributed by atoms with E-state index in [1.165, 1.54) is 11.1 Å². The van der Waals surface area contributed by atoms with Crippen LogP contribution in [0.1, 0.15) is 43.7 Å². The van der Waals surface area contributed by atoms with Crippen LogP contribution >= 0.6 is 0 Å². The zero-order valence-electron chi connectivity index (χ0n) is 13.4. The summed E-state index contributed by atoms with van der Waals surface area (Å²) in [5.41, 5.74) is 2.73. The highest BCUT2D eigenvalue weighted by Crippen LogP contribution is 2.23. The molecule has 0 fully saturated rings. The minimum atomic E-state index is 0.575. The summed E-state index contributed by atoms with van der Waals surface area (Å²) in [6.45, 7) is 10.5. The van der Waals surface area contributed by atoms with Gasteiger partial charge in [0.15, 0.2) is 0 Å². The molecule has 114 valence electrons. The van der Waals surface area contributed by atoms with Crippen LogP contribution in [0.5, 0.6) is 5.75 Å². The molecule has 2 N–H and O–H groups in total. The highest BCUT2D eigenvalue weighted by molar-refractivity contribution is 5.36. The molecule has 0 saturated carbocycles. The number of aryl methyl sites for hydroxylation is 1. The SMILES string of the molecule is COCCC[NH2+]CCCOc1ccc(C(C)C)c(C)c1. The predicted molar refractivity (Wildman–Crippen MR) is 83.5 cm³/mol. The molecule has 1 rings (SSSR count). The van der Waals surface area contributed by atoms with Crippen molar-refractivity contribution in [2.24, 2.45) is 0 Å². The van der Waals surface area contributed by atoms with E-state index in [0.717, 1.165) is 44.9 Å². The van der Waals surface area contributed by atoms with Crippen molar-refractivity contribution in [3.8, 4) is 5.75 Å². The third-order valence-electron chi connectivity index (χ3n) is 3.44. The molecule has 0 unspecified atom stereocenters. The number of quaternary nitrogens is 1. The first kappa shape index (κ1) is 17.0. The summed E-state index contributed by atoms with van der Waals surface area (Å²) in [4.78, 5) is 0. The van der Waals surface area contributed by atoms with E-state index in [0.29, 0.717) is 5.92 Å². The van der Waals surface area contributed by atoms with Crippen LogP contribution in [0.4, 0.5) is 0 Å². The van der Waals surface area contributed by atoms with Crippen LogP contribution in [0.3, 0.4) is 0 Å². The average molecular weight is 280 g/mol. The maximum absolute atomic E-state index is 5.80. The van der Waals surface area contributed by atoms with Gasteiger partial charge in [0.2, 0.25) is 0 Å². The lowest BCUT2D eigenvalue weighted by Crippen LogP contribution is -2.84. The first-order chi connectivity index (χ1) is 9.65. The molecule has 0 aromatic heterocycles. The molecule has 3 heteroatoms. The van der Waals surface area contributed by atoms with Gasteiger partial charge in [-0.3, -0.25) is 0 Å². The first-order valence-corrected chi connectivity index (χ1v) is 7.69. The van der Waals surface area contributed by atoms with E-state index in [2.05, 4.69) is 44.3 Å². The summed E-state index contributed by atoms with van der Waals surface area (Å²) < 4.78 is 10.8. The Kier molecular flexibility index (Phi) is 8.31. The van der Waals surface area contributed by atoms with Gasteiger partial charge in [0.25, 0.3) is 0 Å². The molecule has 0 amide bonds. The lowest BCUT2D eigenvalue weighted by Gasteiger charge is -2.12. The standard InChI is InChI=1S/C17H29NO2/c1-14(2)17-8-7-16(13-15(17)3)20-12-6-10-18-9-5-11-19-4/h7-8,13-14,18H,5-6,9-12H2,1-4H3/p+1. The summed E-state index contributed by atoms with van der Waals surface area (Å²) in [6, 6.07) is 6.43. The van der Waals surface area contributed by atoms with Crippen molar-refractivity contribution in [1.29, 1.82) is 0 Å². The van der Waals surface area contributed by atoms with E-state index in [9.17, 15) is 0 Å². The summed E-state index contributed by atoms with van der Waals surface area (Å²) >= 11 is 0. The lowest BCUT2D eigenvalue weighted by molar-refractivity contribution is -0.655. The molecule has 20 heavy (non-hydrogen) atoms. The van der Waals surface area contributed by atoms with Gasteiger partial charge in [-0.25, -0.2) is 0 Å². The van der Waals surface area contributed by atoms with E-state index in [4.69, 9.17) is 9.47 Å². The Balaban J connectivity index is 2.18. The number of hydrogen-bond acceptors (Lipinski definition) is 2. The molecule has 1 aromatic carbocycles. The Labute approximate surface area is 123 Å². The number of benzene rings is 1. The fourth-order valence-electron chi connectivity index (χ4n) is 2.32. The molecule has 0 bridgehead atoms. The van der Waals surface area contributed by atoms with Gasteiger partial charge in [-0.15, -0.1) is 0 Å². The van der Waals surface area contributed by atoms with Crippen molar-refractivity contribution in [1.82, 2.24) is 0 Å². The van der Waals surface area contributed by atoms with E-state index >= 15 is 0 Å². The Morgan fingerprint density at radius 1 is 1.10 bits per heavy atom. The second-order valence-electron chi connectivity index (χ2n) is 5.59. The molecule has 0 heterocycles. The third kappa shape index (κ3) is 6.40. The third-order valence-corrected chi connectivity index (χ3v) is 3.44. The molecule has 0 spiro atoms. The highest BCUT2D eigenvalue weighted by atomic mass is 16.5. The second kappa shape index (κ2) is 9.78. The molecule has 1 aromatic rings. The van der Waals surface area contributed by atoms with Crippen LogP contribution in [0.15, 0.2) is 18.2 Å². The van der Waals surface area contributed by atoms with Crippen LogP contribution in [-0.2, 0) is 4.74 Å². The van der Waals surface area contributed by atoms with Crippen LogP contribution in [-0.4, -0.2) is 33.4 Å². The van der Waals surface area contributed by atoms with Crippen molar-refractivity contribution in [3.05, 3.63) is 29.3 Å². The van der Waals surface area contributed by atoms with Gasteiger partial charge >= 0.3 is 0 Å². The Morgan fingerprint density at radius 3 is 2.40 bits per heavy atom. The Bertz CT molecular complexity index is 377. The number of nitrogens with two attached hydrogens (primary N) is 1. The summed E-state index contributed by atoms with van der Waals surface area (Å²) in [6.07, 6.45) is 2.20. The highest BCUT2D eigenvalue weighted by Gasteiger charge is 2.04. The van der Waals surface area contributed by atoms with Crippen molar-refractivity contribution in [2.45, 2.75) is 39.5 Å². The zero-order valence-corrected chi connectivity index (χ0v) is 13.4. The topological polar surface area (TPSA) is 35.1 Å². The maximum atomic E-state index is 5.80. The summed E-state index contributed by atoms with van der Waals surface area (Å²) in [7, 11) is 1.75. The number of ether oxygens (including phenoxy) is 2. The second-order valence-corrected chi connectivity index (χ2v) is 5.59. The molecular formula is C17H30NO2+. The van der Waals surface area contributed by atoms with E-state index < -0.39 is 0 Å². The van der Waals surface area contributed by atoms with Crippen molar-refractivity contribution < 1.29 is 14.8 Å². The van der Waals surface area contributed by atoms with Crippen molar-refractivity contribution in [2.75, 3.05) is 33.4 Å². The number of methoxy groups -OCH3 is 1. The normalized spacial score (nSPS) is 11.1. The van der Waals surface area contributed by atoms with Crippen LogP contribution < -0.4 is 10.1 Å². The van der Waals surface area contributed by atoms with Gasteiger partial charge < -0.3 is 14.8 Å². The van der Waals surface area contributed by atoms with Crippen LogP contribution in [0.2, 0.25) is 0 Å². The van der Waals surface area contributed by atoms with E-state index in [1.54, 1.807) is 7.11 Å². The predicted octanol–water partition coefficient (Wildman–Crippen LogP) is 2.49. The quantitative estimate of drug-likeness (QED) is 0.668. The molecular weight excluding hydrogens is 250 g/mol. The number of hydrogen-bond donors (Lipinski definition) is 1. The minimum Gasteiger partial charge on any atom is -0.493 e. The zero-order chi connectivity index (χ0) is 14.8. The van der Waals surface area contributed by atoms with Crippen molar-refractivity contribution >= 4 is 0 Å². The van der Waals surface area contributed by atoms with Gasteiger partial charge in [0.05, 0.1) is 26.3 Å². The largest absolute Gasteiger partial charge is 0.493 e. The number of rotatable bonds is 10. The minimum absolute atomic E-state index is 0.575. The van der Waals surface area contributed by atoms with Gasteiger partial charge in [0, 0.05) is 20.0 Å². The fraction of sp³-hybridized carbons (Fsp3) is 0.647.